The van der Waals surface area contributed by atoms with Crippen molar-refractivity contribution in [1.29, 1.82) is 0 Å². The normalized spacial score (nSPS) is 12.6. The molecular formula is C16H22N2O. The summed E-state index contributed by atoms with van der Waals surface area (Å²) in [7, 11) is 0. The lowest BCUT2D eigenvalue weighted by atomic mass is 10.00. The number of nitrogens with zero attached hydrogens (tertiary/aromatic N) is 1. The Morgan fingerprint density at radius 2 is 2.11 bits per heavy atom. The summed E-state index contributed by atoms with van der Waals surface area (Å²) < 4.78 is 5.82. The number of aromatic nitrogens is 1. The summed E-state index contributed by atoms with van der Waals surface area (Å²) in [4.78, 5) is 4.46. The third-order valence-corrected chi connectivity index (χ3v) is 3.36. The maximum absolute atomic E-state index is 6.16. The van der Waals surface area contributed by atoms with Crippen molar-refractivity contribution in [2.24, 2.45) is 5.73 Å². The number of hydrogen-bond donors (Lipinski definition) is 1. The molecule has 0 aliphatic carbocycles. The molecule has 1 aromatic heterocycles. The van der Waals surface area contributed by atoms with Crippen LogP contribution >= 0.6 is 0 Å². The highest BCUT2D eigenvalue weighted by atomic mass is 16.5. The molecule has 0 amide bonds. The van der Waals surface area contributed by atoms with E-state index in [1.54, 1.807) is 6.20 Å². The van der Waals surface area contributed by atoms with Crippen molar-refractivity contribution in [3.8, 4) is 5.75 Å². The fraction of sp³-hybridized carbons (Fsp3) is 0.438. The second-order valence-corrected chi connectivity index (χ2v) is 4.77. The number of pyridine rings is 1. The van der Waals surface area contributed by atoms with E-state index in [2.05, 4.69) is 31.0 Å². The van der Waals surface area contributed by atoms with Gasteiger partial charge in [-0.3, -0.25) is 4.98 Å². The molecule has 3 heteroatoms. The molecule has 0 aliphatic heterocycles. The summed E-state index contributed by atoms with van der Waals surface area (Å²) in [5, 5.41) is 1.10. The summed E-state index contributed by atoms with van der Waals surface area (Å²) in [6, 6.07) is 8.13. The van der Waals surface area contributed by atoms with E-state index < -0.39 is 0 Å². The Morgan fingerprint density at radius 1 is 1.26 bits per heavy atom. The highest BCUT2D eigenvalue weighted by Gasteiger charge is 2.12. The Hall–Kier alpha value is -1.61. The molecule has 3 nitrogen and oxygen atoms in total. The first kappa shape index (κ1) is 13.8. The molecule has 1 unspecified atom stereocenters. The Kier molecular flexibility index (Phi) is 4.74. The largest absolute Gasteiger partial charge is 0.491 e. The van der Waals surface area contributed by atoms with E-state index in [-0.39, 0.29) is 6.04 Å². The van der Waals surface area contributed by atoms with Crippen molar-refractivity contribution < 1.29 is 4.74 Å². The first-order valence-corrected chi connectivity index (χ1v) is 7.04. The minimum Gasteiger partial charge on any atom is -0.491 e. The van der Waals surface area contributed by atoms with Gasteiger partial charge in [-0.1, -0.05) is 32.4 Å². The number of rotatable bonds is 6. The van der Waals surface area contributed by atoms with Gasteiger partial charge in [0.15, 0.2) is 0 Å². The van der Waals surface area contributed by atoms with E-state index in [4.69, 9.17) is 10.5 Å². The number of nitrogens with two attached hydrogens (primary N) is 1. The molecule has 0 fully saturated rings. The second-order valence-electron chi connectivity index (χ2n) is 4.77. The lowest BCUT2D eigenvalue weighted by Crippen LogP contribution is -2.09. The van der Waals surface area contributed by atoms with E-state index in [0.29, 0.717) is 0 Å². The number of hydrogen-bond acceptors (Lipinski definition) is 3. The van der Waals surface area contributed by atoms with E-state index in [1.165, 1.54) is 0 Å². The molecule has 2 aromatic rings. The molecular weight excluding hydrogens is 236 g/mol. The molecule has 2 rings (SSSR count). The van der Waals surface area contributed by atoms with Crippen LogP contribution in [-0.4, -0.2) is 11.6 Å². The lowest BCUT2D eigenvalue weighted by Gasteiger charge is -2.15. The zero-order valence-corrected chi connectivity index (χ0v) is 11.7. The van der Waals surface area contributed by atoms with Gasteiger partial charge in [0.1, 0.15) is 11.3 Å². The van der Waals surface area contributed by atoms with Gasteiger partial charge in [0.2, 0.25) is 0 Å². The molecule has 1 aromatic carbocycles. The maximum Gasteiger partial charge on any atom is 0.145 e. The number of fused-ring (bicyclic) bond motifs is 1. The number of ether oxygens (including phenoxy) is 1. The SMILES string of the molecule is CCCCOc1ccc(C(N)CC)c2cccnc12. The van der Waals surface area contributed by atoms with Crippen molar-refractivity contribution in [2.45, 2.75) is 39.2 Å². The third-order valence-electron chi connectivity index (χ3n) is 3.36. The van der Waals surface area contributed by atoms with Gasteiger partial charge in [-0.05, 0) is 30.5 Å². The predicted molar refractivity (Wildman–Crippen MR) is 79.4 cm³/mol. The van der Waals surface area contributed by atoms with Crippen molar-refractivity contribution in [1.82, 2.24) is 4.98 Å². The van der Waals surface area contributed by atoms with E-state index >= 15 is 0 Å². The van der Waals surface area contributed by atoms with Crippen LogP contribution in [-0.2, 0) is 0 Å². The Balaban J connectivity index is 2.40. The van der Waals surface area contributed by atoms with Crippen LogP contribution in [0.2, 0.25) is 0 Å². The van der Waals surface area contributed by atoms with E-state index in [1.807, 2.05) is 12.1 Å². The van der Waals surface area contributed by atoms with Gasteiger partial charge < -0.3 is 10.5 Å². The van der Waals surface area contributed by atoms with Gasteiger partial charge in [-0.15, -0.1) is 0 Å². The monoisotopic (exact) mass is 258 g/mol. The van der Waals surface area contributed by atoms with Crippen LogP contribution in [0.3, 0.4) is 0 Å². The highest BCUT2D eigenvalue weighted by Crippen LogP contribution is 2.30. The standard InChI is InChI=1S/C16H22N2O/c1-3-5-11-19-15-9-8-12(14(17)4-2)13-7-6-10-18-16(13)15/h6-10,14H,3-5,11,17H2,1-2H3. The first-order chi connectivity index (χ1) is 9.27. The van der Waals surface area contributed by atoms with Gasteiger partial charge in [0, 0.05) is 17.6 Å². The van der Waals surface area contributed by atoms with Crippen molar-refractivity contribution in [2.75, 3.05) is 6.61 Å². The molecule has 0 radical (unpaired) electrons. The summed E-state index contributed by atoms with van der Waals surface area (Å²) in [5.74, 6) is 0.858. The van der Waals surface area contributed by atoms with Crippen LogP contribution in [0, 0.1) is 0 Å². The summed E-state index contributed by atoms with van der Waals surface area (Å²) >= 11 is 0. The molecule has 19 heavy (non-hydrogen) atoms. The molecule has 0 spiro atoms. The van der Waals surface area contributed by atoms with Gasteiger partial charge in [-0.2, -0.15) is 0 Å². The van der Waals surface area contributed by atoms with Crippen LogP contribution < -0.4 is 10.5 Å². The Labute approximate surface area is 114 Å². The van der Waals surface area contributed by atoms with Gasteiger partial charge >= 0.3 is 0 Å². The Morgan fingerprint density at radius 3 is 2.84 bits per heavy atom. The number of benzene rings is 1. The molecule has 0 saturated heterocycles. The van der Waals surface area contributed by atoms with Gasteiger partial charge in [0.05, 0.1) is 6.61 Å². The fourth-order valence-electron chi connectivity index (χ4n) is 2.15. The smallest absolute Gasteiger partial charge is 0.145 e. The molecule has 1 atom stereocenters. The van der Waals surface area contributed by atoms with Gasteiger partial charge in [0.25, 0.3) is 0 Å². The fourth-order valence-corrected chi connectivity index (χ4v) is 2.15. The summed E-state index contributed by atoms with van der Waals surface area (Å²) in [6.45, 7) is 4.99. The van der Waals surface area contributed by atoms with Crippen LogP contribution in [0.4, 0.5) is 0 Å². The topological polar surface area (TPSA) is 48.1 Å². The van der Waals surface area contributed by atoms with Crippen molar-refractivity contribution in [3.05, 3.63) is 36.0 Å². The summed E-state index contributed by atoms with van der Waals surface area (Å²) in [5.41, 5.74) is 8.23. The van der Waals surface area contributed by atoms with E-state index in [9.17, 15) is 0 Å². The average molecular weight is 258 g/mol. The minimum absolute atomic E-state index is 0.0522. The molecule has 0 saturated carbocycles. The quantitative estimate of drug-likeness (QED) is 0.801. The number of unbranched alkanes of at least 4 members (excludes halogenated alkanes) is 1. The van der Waals surface area contributed by atoms with Crippen LogP contribution in [0.25, 0.3) is 10.9 Å². The predicted octanol–water partition coefficient (Wildman–Crippen LogP) is 3.82. The summed E-state index contributed by atoms with van der Waals surface area (Å²) in [6.07, 6.45) is 4.91. The van der Waals surface area contributed by atoms with Crippen LogP contribution in [0.15, 0.2) is 30.5 Å². The van der Waals surface area contributed by atoms with Crippen molar-refractivity contribution in [3.63, 3.8) is 0 Å². The zero-order valence-electron chi connectivity index (χ0n) is 11.7. The van der Waals surface area contributed by atoms with Gasteiger partial charge in [-0.25, -0.2) is 0 Å². The average Bonchev–Trinajstić information content (AvgIpc) is 2.47. The molecule has 1 heterocycles. The van der Waals surface area contributed by atoms with Crippen molar-refractivity contribution >= 4 is 10.9 Å². The minimum atomic E-state index is 0.0522. The zero-order chi connectivity index (χ0) is 13.7. The molecule has 0 bridgehead atoms. The van der Waals surface area contributed by atoms with E-state index in [0.717, 1.165) is 48.1 Å². The molecule has 0 aliphatic rings. The Bertz CT molecular complexity index is 539. The van der Waals surface area contributed by atoms with Crippen LogP contribution in [0.5, 0.6) is 5.75 Å². The van der Waals surface area contributed by atoms with Crippen LogP contribution in [0.1, 0.15) is 44.7 Å². The maximum atomic E-state index is 6.16. The first-order valence-electron chi connectivity index (χ1n) is 7.04. The lowest BCUT2D eigenvalue weighted by molar-refractivity contribution is 0.312. The highest BCUT2D eigenvalue weighted by molar-refractivity contribution is 5.87. The second kappa shape index (κ2) is 6.53. The molecule has 2 N–H and O–H groups in total. The molecule has 102 valence electrons. The third kappa shape index (κ3) is 3.04.